The summed E-state index contributed by atoms with van der Waals surface area (Å²) in [5.41, 5.74) is 3.12. The molecule has 10 heteroatoms. The minimum absolute atomic E-state index is 0.0875. The van der Waals surface area contributed by atoms with Gasteiger partial charge < -0.3 is 14.4 Å². The maximum Gasteiger partial charge on any atom is 0.407 e. The summed E-state index contributed by atoms with van der Waals surface area (Å²) in [4.78, 5) is 17.1. The Kier molecular flexibility index (Phi) is 4.38. The second-order valence-electron chi connectivity index (χ2n) is 7.20. The van der Waals surface area contributed by atoms with Crippen LogP contribution in [0.25, 0.3) is 27.9 Å². The van der Waals surface area contributed by atoms with E-state index < -0.39 is 11.9 Å². The second kappa shape index (κ2) is 7.21. The van der Waals surface area contributed by atoms with Crippen LogP contribution in [0.2, 0.25) is 0 Å². The molecule has 1 aliphatic rings. The van der Waals surface area contributed by atoms with Crippen molar-refractivity contribution < 1.29 is 18.7 Å². The van der Waals surface area contributed by atoms with Crippen molar-refractivity contribution in [2.24, 2.45) is 0 Å². The van der Waals surface area contributed by atoms with Gasteiger partial charge in [0.15, 0.2) is 11.5 Å². The van der Waals surface area contributed by atoms with Crippen molar-refractivity contribution in [3.63, 3.8) is 0 Å². The average Bonchev–Trinajstić information content (AvgIpc) is 3.43. The highest BCUT2D eigenvalue weighted by Crippen LogP contribution is 2.32. The van der Waals surface area contributed by atoms with Crippen LogP contribution in [0, 0.1) is 5.82 Å². The van der Waals surface area contributed by atoms with Gasteiger partial charge in [-0.1, -0.05) is 12.1 Å². The monoisotopic (exact) mass is 408 g/mol. The molecule has 1 N–H and O–H groups in total. The van der Waals surface area contributed by atoms with E-state index in [1.54, 1.807) is 12.1 Å². The van der Waals surface area contributed by atoms with Gasteiger partial charge in [-0.3, -0.25) is 0 Å². The van der Waals surface area contributed by atoms with Crippen LogP contribution in [0.5, 0.6) is 0 Å². The SMILES string of the molecule is O=C(O)N1CCC(c2nc3cc(-c4ccc(-n5cnnn5)c(F)c4)ccc3o2)CC1. The number of carboxylic acid groups (broad SMARTS) is 1. The number of likely N-dealkylation sites (tertiary alicyclic amines) is 1. The van der Waals surface area contributed by atoms with Crippen LogP contribution < -0.4 is 0 Å². The molecular formula is C20H17FN6O3. The van der Waals surface area contributed by atoms with Gasteiger partial charge in [0.2, 0.25) is 0 Å². The maximum absolute atomic E-state index is 14.6. The van der Waals surface area contributed by atoms with Crippen molar-refractivity contribution in [2.75, 3.05) is 13.1 Å². The van der Waals surface area contributed by atoms with Crippen LogP contribution in [-0.4, -0.2) is 54.4 Å². The van der Waals surface area contributed by atoms with Gasteiger partial charge in [0.25, 0.3) is 0 Å². The van der Waals surface area contributed by atoms with Crippen molar-refractivity contribution in [3.05, 3.63) is 54.4 Å². The van der Waals surface area contributed by atoms with Gasteiger partial charge in [-0.05, 0) is 58.7 Å². The Bertz CT molecular complexity index is 1210. The van der Waals surface area contributed by atoms with E-state index in [9.17, 15) is 9.18 Å². The fraction of sp³-hybridized carbons (Fsp3) is 0.250. The summed E-state index contributed by atoms with van der Waals surface area (Å²) in [6.07, 6.45) is 1.79. The van der Waals surface area contributed by atoms with E-state index in [0.717, 1.165) is 5.56 Å². The largest absolute Gasteiger partial charge is 0.465 e. The lowest BCUT2D eigenvalue weighted by atomic mass is 9.97. The molecule has 1 amide bonds. The molecule has 0 aliphatic carbocycles. The number of amides is 1. The Morgan fingerprint density at radius 1 is 1.13 bits per heavy atom. The van der Waals surface area contributed by atoms with Gasteiger partial charge in [0.05, 0.1) is 0 Å². The number of rotatable bonds is 3. The zero-order chi connectivity index (χ0) is 20.7. The molecule has 2 aromatic heterocycles. The number of benzene rings is 2. The van der Waals surface area contributed by atoms with Gasteiger partial charge in [-0.2, -0.15) is 4.68 Å². The molecule has 0 saturated carbocycles. The summed E-state index contributed by atoms with van der Waals surface area (Å²) < 4.78 is 21.7. The van der Waals surface area contributed by atoms with Crippen LogP contribution in [0.4, 0.5) is 9.18 Å². The van der Waals surface area contributed by atoms with E-state index in [4.69, 9.17) is 9.52 Å². The van der Waals surface area contributed by atoms with E-state index in [1.807, 2.05) is 18.2 Å². The molecule has 3 heterocycles. The topological polar surface area (TPSA) is 110 Å². The van der Waals surface area contributed by atoms with Crippen LogP contribution >= 0.6 is 0 Å². The molecule has 9 nitrogen and oxygen atoms in total. The first-order chi connectivity index (χ1) is 14.6. The lowest BCUT2D eigenvalue weighted by molar-refractivity contribution is 0.129. The van der Waals surface area contributed by atoms with Gasteiger partial charge in [0.1, 0.15) is 23.3 Å². The first-order valence-corrected chi connectivity index (χ1v) is 9.50. The van der Waals surface area contributed by atoms with E-state index in [-0.39, 0.29) is 11.6 Å². The number of hydrogen-bond donors (Lipinski definition) is 1. The van der Waals surface area contributed by atoms with E-state index >= 15 is 0 Å². The van der Waals surface area contributed by atoms with Gasteiger partial charge in [0, 0.05) is 19.0 Å². The van der Waals surface area contributed by atoms with Crippen LogP contribution in [0.1, 0.15) is 24.7 Å². The molecule has 5 rings (SSSR count). The summed E-state index contributed by atoms with van der Waals surface area (Å²) in [6, 6.07) is 10.4. The number of aromatic nitrogens is 5. The fourth-order valence-corrected chi connectivity index (χ4v) is 3.76. The lowest BCUT2D eigenvalue weighted by Gasteiger charge is -2.28. The number of tetrazole rings is 1. The molecule has 0 atom stereocenters. The molecule has 1 aliphatic heterocycles. The predicted octanol–water partition coefficient (Wildman–Crippen LogP) is 3.47. The molecule has 2 aromatic carbocycles. The molecule has 0 spiro atoms. The summed E-state index contributed by atoms with van der Waals surface area (Å²) >= 11 is 0. The van der Waals surface area contributed by atoms with E-state index in [2.05, 4.69) is 20.5 Å². The highest BCUT2D eigenvalue weighted by molar-refractivity contribution is 5.80. The second-order valence-corrected chi connectivity index (χ2v) is 7.20. The molecule has 1 saturated heterocycles. The molecular weight excluding hydrogens is 391 g/mol. The Hall–Kier alpha value is -3.82. The lowest BCUT2D eigenvalue weighted by Crippen LogP contribution is -2.36. The van der Waals surface area contributed by atoms with Crippen molar-refractivity contribution in [2.45, 2.75) is 18.8 Å². The summed E-state index contributed by atoms with van der Waals surface area (Å²) in [6.45, 7) is 0.938. The summed E-state index contributed by atoms with van der Waals surface area (Å²) in [5, 5.41) is 19.8. The number of hydrogen-bond acceptors (Lipinski definition) is 6. The highest BCUT2D eigenvalue weighted by atomic mass is 19.1. The first-order valence-electron chi connectivity index (χ1n) is 9.50. The average molecular weight is 408 g/mol. The van der Waals surface area contributed by atoms with Crippen molar-refractivity contribution in [1.82, 2.24) is 30.1 Å². The molecule has 0 radical (unpaired) electrons. The van der Waals surface area contributed by atoms with Gasteiger partial charge in [-0.15, -0.1) is 5.10 Å². The van der Waals surface area contributed by atoms with Crippen molar-refractivity contribution in [1.29, 1.82) is 0 Å². The third kappa shape index (κ3) is 3.25. The molecule has 0 bridgehead atoms. The third-order valence-corrected chi connectivity index (χ3v) is 5.40. The molecule has 152 valence electrons. The highest BCUT2D eigenvalue weighted by Gasteiger charge is 2.26. The van der Waals surface area contributed by atoms with E-state index in [1.165, 1.54) is 22.0 Å². The van der Waals surface area contributed by atoms with Crippen LogP contribution in [-0.2, 0) is 0 Å². The smallest absolute Gasteiger partial charge is 0.407 e. The molecule has 30 heavy (non-hydrogen) atoms. The summed E-state index contributed by atoms with van der Waals surface area (Å²) in [5.74, 6) is 0.266. The quantitative estimate of drug-likeness (QED) is 0.553. The van der Waals surface area contributed by atoms with Gasteiger partial charge in [-0.25, -0.2) is 14.2 Å². The third-order valence-electron chi connectivity index (χ3n) is 5.40. The zero-order valence-corrected chi connectivity index (χ0v) is 15.8. The maximum atomic E-state index is 14.6. The predicted molar refractivity (Wildman–Crippen MR) is 104 cm³/mol. The van der Waals surface area contributed by atoms with Crippen molar-refractivity contribution in [3.8, 4) is 16.8 Å². The summed E-state index contributed by atoms with van der Waals surface area (Å²) in [7, 11) is 0. The Morgan fingerprint density at radius 3 is 2.60 bits per heavy atom. The minimum atomic E-state index is -0.894. The normalized spacial score (nSPS) is 15.0. The minimum Gasteiger partial charge on any atom is -0.465 e. The number of fused-ring (bicyclic) bond motifs is 1. The van der Waals surface area contributed by atoms with Crippen LogP contribution in [0.3, 0.4) is 0 Å². The number of halogens is 1. The molecule has 4 aromatic rings. The Balaban J connectivity index is 1.41. The molecule has 1 fully saturated rings. The van der Waals surface area contributed by atoms with Crippen molar-refractivity contribution >= 4 is 17.2 Å². The Labute approximate surface area is 169 Å². The standard InChI is InChI=1S/C20H17FN6O3/c21-15-9-13(1-3-17(15)27-11-22-24-25-27)14-2-4-18-16(10-14)23-19(30-18)12-5-7-26(8-6-12)20(28)29/h1-4,9-12H,5-8H2,(H,28,29). The number of oxazole rings is 1. The fourth-order valence-electron chi connectivity index (χ4n) is 3.76. The molecule has 0 unspecified atom stereocenters. The van der Waals surface area contributed by atoms with E-state index in [0.29, 0.717) is 48.5 Å². The van der Waals surface area contributed by atoms with Crippen LogP contribution in [0.15, 0.2) is 47.1 Å². The Morgan fingerprint density at radius 2 is 1.90 bits per heavy atom. The number of nitrogens with zero attached hydrogens (tertiary/aromatic N) is 6. The van der Waals surface area contributed by atoms with Gasteiger partial charge >= 0.3 is 6.09 Å². The zero-order valence-electron chi connectivity index (χ0n) is 15.8. The number of piperidine rings is 1. The first kappa shape index (κ1) is 18.2. The number of carbonyl (C=O) groups is 1.